The Balaban J connectivity index is 1.74. The van der Waals surface area contributed by atoms with Crippen molar-refractivity contribution >= 4 is 70.9 Å². The van der Waals surface area contributed by atoms with E-state index in [-0.39, 0.29) is 46.8 Å². The van der Waals surface area contributed by atoms with Crippen LogP contribution in [0.2, 0.25) is 0 Å². The Bertz CT molecular complexity index is 2580. The Kier molecular flexibility index (Phi) is 23.3. The Morgan fingerprint density at radius 2 is 0.610 bits per heavy atom. The molecule has 2 aromatic carbocycles. The maximum atomic E-state index is 14.4. The SMILES string of the molecule is CC(C)[C@@H]1NC(=O)[C@H](C)NC(=O)CN(Cc2ccc(O)c(-c3cc(CN4CC(=O)N[C@@H](C)C(=O)N[C@@H](C(C)C)C(=O)N[C@H](C)C(=O)N[C@@H](C(C)C)C(=O)N[C@@H](C)C4=O)ccc3O)c2)C(=O)[C@H](C)NC(=O)[C@H](C(C)C)NC(=O)[C@@H](C)NC1=O. The summed E-state index contributed by atoms with van der Waals surface area (Å²) < 4.78 is 0. The number of aromatic hydroxyl groups is 2. The zero-order valence-corrected chi connectivity index (χ0v) is 49.1. The van der Waals surface area contributed by atoms with Gasteiger partial charge in [0, 0.05) is 24.2 Å². The van der Waals surface area contributed by atoms with Gasteiger partial charge >= 0.3 is 0 Å². The largest absolute Gasteiger partial charge is 0.507 e. The number of carbonyl (C=O) groups is 12. The molecule has 0 aromatic heterocycles. The van der Waals surface area contributed by atoms with Gasteiger partial charge in [0.05, 0.1) is 13.1 Å². The zero-order chi connectivity index (χ0) is 61.8. The number of carbonyl (C=O) groups excluding carboxylic acids is 12. The lowest BCUT2D eigenvalue weighted by Gasteiger charge is -2.30. The minimum Gasteiger partial charge on any atom is -0.507 e. The first-order valence-electron chi connectivity index (χ1n) is 27.4. The molecule has 0 radical (unpaired) electrons. The average molecular weight is 1150 g/mol. The van der Waals surface area contributed by atoms with Crippen LogP contribution in [0.5, 0.6) is 11.5 Å². The van der Waals surface area contributed by atoms with E-state index >= 15 is 0 Å². The lowest BCUT2D eigenvalue weighted by molar-refractivity contribution is -0.141. The average Bonchev–Trinajstić information content (AvgIpc) is 3.38. The highest BCUT2D eigenvalue weighted by atomic mass is 16.3. The number of nitrogens with zero attached hydrogens (tertiary/aromatic N) is 2. The van der Waals surface area contributed by atoms with Crippen LogP contribution in [-0.2, 0) is 70.6 Å². The van der Waals surface area contributed by atoms with Crippen molar-refractivity contribution in [2.45, 2.75) is 170 Å². The standard InChI is InChI=1S/C56H82N12O14/c1-25(2)43-51(77)59-31(11)49(75)65-45(27(5)6)53(79)61-33(13)55(81)67(23-41(71)57-29(9)47(73)63-43)21-35-15-17-39(69)37(19-35)38-20-36(16-18-40(38)70)22-68-24-42(72)58-30(10)48(74)64-44(26(3)4)52(78)60-32(12)50(76)66-46(28(7)8)54(80)62-34(14)56(68)82/h15-20,25-34,43-46,69-70H,21-24H2,1-14H3,(H,57,71)(H,58,72)(H,59,77)(H,60,78)(H,61,79)(H,62,80)(H,63,73)(H,64,74)(H,65,75)(H,66,76)/t29-,30-,31+,32+,33-,34-,43-,44-,45-,46-/m0/s1. The minimum atomic E-state index is -1.31. The number of nitrogens with one attached hydrogen (secondary N) is 10. The summed E-state index contributed by atoms with van der Waals surface area (Å²) in [6, 6.07) is -3.79. The minimum absolute atomic E-state index is 0.00370. The molecule has 26 nitrogen and oxygen atoms in total. The van der Waals surface area contributed by atoms with Gasteiger partial charge in [0.1, 0.15) is 71.9 Å². The Morgan fingerprint density at radius 3 is 0.866 bits per heavy atom. The maximum Gasteiger partial charge on any atom is 0.245 e. The van der Waals surface area contributed by atoms with Gasteiger partial charge in [-0.05, 0) is 101 Å². The summed E-state index contributed by atoms with van der Waals surface area (Å²) in [5.74, 6) is -11.6. The molecule has 0 aliphatic carbocycles. The van der Waals surface area contributed by atoms with Crippen LogP contribution < -0.4 is 53.2 Å². The maximum absolute atomic E-state index is 14.4. The third-order valence-electron chi connectivity index (χ3n) is 13.9. The molecule has 26 heteroatoms. The molecule has 12 N–H and O–H groups in total. The predicted octanol–water partition coefficient (Wildman–Crippen LogP) is -0.959. The smallest absolute Gasteiger partial charge is 0.245 e. The second kappa shape index (κ2) is 28.9. The summed E-state index contributed by atoms with van der Waals surface area (Å²) in [5, 5.41) is 48.6. The first-order chi connectivity index (χ1) is 38.2. The van der Waals surface area contributed by atoms with Gasteiger partial charge in [0.2, 0.25) is 70.9 Å². The molecule has 2 aromatic rings. The number of hydrogen-bond acceptors (Lipinski definition) is 14. The highest BCUT2D eigenvalue weighted by molar-refractivity contribution is 5.99. The molecule has 0 bridgehead atoms. The topological polar surface area (TPSA) is 372 Å². The van der Waals surface area contributed by atoms with Crippen molar-refractivity contribution in [3.8, 4) is 22.6 Å². The van der Waals surface area contributed by atoms with E-state index < -0.39 is 168 Å². The molecule has 2 fully saturated rings. The van der Waals surface area contributed by atoms with Crippen LogP contribution in [0.1, 0.15) is 108 Å². The van der Waals surface area contributed by atoms with Crippen LogP contribution in [0.25, 0.3) is 11.1 Å². The Morgan fingerprint density at radius 1 is 0.366 bits per heavy atom. The number of phenols is 2. The van der Waals surface area contributed by atoms with Crippen molar-refractivity contribution in [1.29, 1.82) is 0 Å². The van der Waals surface area contributed by atoms with E-state index in [9.17, 15) is 67.7 Å². The van der Waals surface area contributed by atoms with Gasteiger partial charge in [-0.1, -0.05) is 67.5 Å². The number of amides is 12. The van der Waals surface area contributed by atoms with Gasteiger partial charge in [-0.15, -0.1) is 0 Å². The van der Waals surface area contributed by atoms with Gasteiger partial charge < -0.3 is 73.2 Å². The van der Waals surface area contributed by atoms with Crippen molar-refractivity contribution in [3.63, 3.8) is 0 Å². The molecule has 2 saturated heterocycles. The molecule has 12 amide bonds. The van der Waals surface area contributed by atoms with Gasteiger partial charge in [0.25, 0.3) is 0 Å². The summed E-state index contributed by atoms with van der Waals surface area (Å²) in [6.45, 7) is 19.5. The molecule has 0 spiro atoms. The molecule has 4 rings (SSSR count). The third-order valence-corrected chi connectivity index (χ3v) is 13.9. The summed E-state index contributed by atoms with van der Waals surface area (Å²) in [5.41, 5.74) is 0.573. The van der Waals surface area contributed by atoms with Crippen LogP contribution in [-0.4, -0.2) is 164 Å². The van der Waals surface area contributed by atoms with Crippen LogP contribution in [0.3, 0.4) is 0 Å². The molecular weight excluding hydrogens is 1060 g/mol. The molecule has 450 valence electrons. The van der Waals surface area contributed by atoms with E-state index in [2.05, 4.69) is 53.2 Å². The van der Waals surface area contributed by atoms with E-state index in [1.165, 1.54) is 77.9 Å². The predicted molar refractivity (Wildman–Crippen MR) is 299 cm³/mol. The Labute approximate surface area is 477 Å². The van der Waals surface area contributed by atoms with Crippen molar-refractivity contribution < 1.29 is 67.7 Å². The summed E-state index contributed by atoms with van der Waals surface area (Å²) in [6.07, 6.45) is 0. The van der Waals surface area contributed by atoms with Crippen molar-refractivity contribution in [2.24, 2.45) is 23.7 Å². The van der Waals surface area contributed by atoms with Gasteiger partial charge in [-0.2, -0.15) is 0 Å². The van der Waals surface area contributed by atoms with Crippen LogP contribution >= 0.6 is 0 Å². The molecule has 0 saturated carbocycles. The van der Waals surface area contributed by atoms with Gasteiger partial charge in [0.15, 0.2) is 0 Å². The van der Waals surface area contributed by atoms with Crippen LogP contribution in [0, 0.1) is 23.7 Å². The normalized spacial score (nSPS) is 26.2. The highest BCUT2D eigenvalue weighted by Gasteiger charge is 2.37. The van der Waals surface area contributed by atoms with E-state index in [0.29, 0.717) is 0 Å². The van der Waals surface area contributed by atoms with E-state index in [1.807, 2.05) is 0 Å². The summed E-state index contributed by atoms with van der Waals surface area (Å²) in [4.78, 5) is 166. The molecule has 82 heavy (non-hydrogen) atoms. The summed E-state index contributed by atoms with van der Waals surface area (Å²) >= 11 is 0. The van der Waals surface area contributed by atoms with Crippen LogP contribution in [0.15, 0.2) is 36.4 Å². The zero-order valence-electron chi connectivity index (χ0n) is 49.1. The second-order valence-electron chi connectivity index (χ2n) is 22.5. The van der Waals surface area contributed by atoms with Crippen molar-refractivity contribution in [2.75, 3.05) is 13.1 Å². The second-order valence-corrected chi connectivity index (χ2v) is 22.5. The number of phenolic OH excluding ortho intramolecular Hbond substituents is 2. The number of hydrogen-bond donors (Lipinski definition) is 12. The molecule has 10 atom stereocenters. The third kappa shape index (κ3) is 17.8. The fraction of sp³-hybridized carbons (Fsp3) is 0.571. The van der Waals surface area contributed by atoms with E-state index in [0.717, 1.165) is 9.80 Å². The first-order valence-corrected chi connectivity index (χ1v) is 27.4. The lowest BCUT2D eigenvalue weighted by atomic mass is 9.98. The Hall–Kier alpha value is -8.32. The first kappa shape index (κ1) is 66.2. The quantitative estimate of drug-likeness (QED) is 0.144. The van der Waals surface area contributed by atoms with E-state index in [4.69, 9.17) is 0 Å². The molecule has 2 heterocycles. The molecular formula is C56H82N12O14. The summed E-state index contributed by atoms with van der Waals surface area (Å²) in [7, 11) is 0. The fourth-order valence-corrected chi connectivity index (χ4v) is 8.98. The van der Waals surface area contributed by atoms with Gasteiger partial charge in [-0.25, -0.2) is 0 Å². The highest BCUT2D eigenvalue weighted by Crippen LogP contribution is 2.37. The molecule has 2 aliphatic rings. The van der Waals surface area contributed by atoms with Crippen LogP contribution in [0.4, 0.5) is 0 Å². The van der Waals surface area contributed by atoms with Crippen molar-refractivity contribution in [3.05, 3.63) is 47.5 Å². The van der Waals surface area contributed by atoms with Crippen molar-refractivity contribution in [1.82, 2.24) is 63.0 Å². The number of rotatable bonds is 9. The number of benzene rings is 2. The van der Waals surface area contributed by atoms with Gasteiger partial charge in [-0.3, -0.25) is 57.5 Å². The molecule has 0 unspecified atom stereocenters. The monoisotopic (exact) mass is 1150 g/mol. The molecule has 2 aliphatic heterocycles. The lowest BCUT2D eigenvalue weighted by Crippen LogP contribution is -2.60. The fourth-order valence-electron chi connectivity index (χ4n) is 8.98. The van der Waals surface area contributed by atoms with E-state index in [1.54, 1.807) is 55.4 Å².